The summed E-state index contributed by atoms with van der Waals surface area (Å²) < 4.78 is 6.52. The predicted molar refractivity (Wildman–Crippen MR) is 85.9 cm³/mol. The second-order valence-electron chi connectivity index (χ2n) is 5.14. The van der Waals surface area contributed by atoms with E-state index in [0.717, 1.165) is 43.2 Å². The van der Waals surface area contributed by atoms with Gasteiger partial charge in [0, 0.05) is 44.2 Å². The van der Waals surface area contributed by atoms with Gasteiger partial charge in [0.15, 0.2) is 5.96 Å². The molecule has 0 amide bonds. The molecule has 0 bridgehead atoms. The zero-order valence-corrected chi connectivity index (χ0v) is 13.7. The Morgan fingerprint density at radius 1 is 1.55 bits per heavy atom. The van der Waals surface area contributed by atoms with Gasteiger partial charge in [0.25, 0.3) is 0 Å². The highest BCUT2D eigenvalue weighted by molar-refractivity contribution is 9.10. The average molecular weight is 340 g/mol. The normalized spacial score (nSPS) is 19.1. The number of nitrogens with one attached hydrogen (secondary N) is 1. The summed E-state index contributed by atoms with van der Waals surface area (Å²) in [5.74, 6) is 1.54. The number of guanidine groups is 1. The van der Waals surface area contributed by atoms with Crippen molar-refractivity contribution in [1.82, 2.24) is 10.2 Å². The number of benzene rings is 1. The lowest BCUT2D eigenvalue weighted by molar-refractivity contribution is 0.181. The first-order valence-electron chi connectivity index (χ1n) is 6.93. The van der Waals surface area contributed by atoms with Crippen LogP contribution in [0.3, 0.4) is 0 Å². The van der Waals surface area contributed by atoms with Crippen molar-refractivity contribution < 1.29 is 4.74 Å². The molecule has 0 saturated carbocycles. The number of hydrogen-bond acceptors (Lipinski definition) is 2. The highest BCUT2D eigenvalue weighted by atomic mass is 79.9. The maximum Gasteiger partial charge on any atom is 0.193 e. The summed E-state index contributed by atoms with van der Waals surface area (Å²) >= 11 is 3.49. The van der Waals surface area contributed by atoms with E-state index in [0.29, 0.717) is 5.92 Å². The van der Waals surface area contributed by atoms with Crippen LogP contribution in [0, 0.1) is 5.92 Å². The number of rotatable bonds is 4. The fourth-order valence-corrected chi connectivity index (χ4v) is 2.86. The highest BCUT2D eigenvalue weighted by Crippen LogP contribution is 2.14. The molecular weight excluding hydrogens is 318 g/mol. The molecule has 0 aliphatic carbocycles. The van der Waals surface area contributed by atoms with Gasteiger partial charge in [-0.05, 0) is 24.1 Å². The maximum absolute atomic E-state index is 5.42. The molecule has 0 spiro atoms. The smallest absolute Gasteiger partial charge is 0.193 e. The van der Waals surface area contributed by atoms with E-state index in [-0.39, 0.29) is 0 Å². The monoisotopic (exact) mass is 339 g/mol. The van der Waals surface area contributed by atoms with E-state index in [1.54, 1.807) is 0 Å². The van der Waals surface area contributed by atoms with Crippen LogP contribution in [-0.2, 0) is 11.3 Å². The molecule has 1 heterocycles. The molecule has 1 N–H and O–H groups in total. The zero-order valence-electron chi connectivity index (χ0n) is 12.1. The van der Waals surface area contributed by atoms with Crippen LogP contribution < -0.4 is 5.32 Å². The minimum Gasteiger partial charge on any atom is -0.381 e. The Balaban J connectivity index is 1.85. The van der Waals surface area contributed by atoms with E-state index >= 15 is 0 Å². The fraction of sp³-hybridized carbons (Fsp3) is 0.533. The van der Waals surface area contributed by atoms with Gasteiger partial charge in [0.05, 0.1) is 6.61 Å². The first kappa shape index (κ1) is 15.3. The summed E-state index contributed by atoms with van der Waals surface area (Å²) in [6, 6.07) is 8.30. The molecule has 1 unspecified atom stereocenters. The minimum absolute atomic E-state index is 0.615. The molecule has 2 rings (SSSR count). The van der Waals surface area contributed by atoms with Gasteiger partial charge in [0.1, 0.15) is 0 Å². The molecule has 1 aliphatic heterocycles. The molecule has 1 aliphatic rings. The van der Waals surface area contributed by atoms with Crippen molar-refractivity contribution in [3.63, 3.8) is 0 Å². The second-order valence-corrected chi connectivity index (χ2v) is 6.06. The van der Waals surface area contributed by atoms with Crippen molar-refractivity contribution in [2.75, 3.05) is 33.9 Å². The topological polar surface area (TPSA) is 36.9 Å². The van der Waals surface area contributed by atoms with Crippen LogP contribution in [0.25, 0.3) is 0 Å². The van der Waals surface area contributed by atoms with E-state index in [4.69, 9.17) is 4.74 Å². The van der Waals surface area contributed by atoms with Crippen molar-refractivity contribution in [1.29, 1.82) is 0 Å². The third-order valence-electron chi connectivity index (χ3n) is 3.47. The molecule has 5 heteroatoms. The Bertz CT molecular complexity index is 458. The number of hydrogen-bond donors (Lipinski definition) is 1. The Morgan fingerprint density at radius 2 is 2.40 bits per heavy atom. The van der Waals surface area contributed by atoms with Gasteiger partial charge in [0.2, 0.25) is 0 Å². The van der Waals surface area contributed by atoms with E-state index in [1.807, 2.05) is 19.2 Å². The largest absolute Gasteiger partial charge is 0.381 e. The first-order valence-corrected chi connectivity index (χ1v) is 7.72. The summed E-state index contributed by atoms with van der Waals surface area (Å²) in [5.41, 5.74) is 1.23. The van der Waals surface area contributed by atoms with Crippen molar-refractivity contribution in [2.24, 2.45) is 10.9 Å². The number of halogens is 1. The molecule has 20 heavy (non-hydrogen) atoms. The van der Waals surface area contributed by atoms with Gasteiger partial charge < -0.3 is 15.0 Å². The predicted octanol–water partition coefficient (Wildman–Crippen LogP) is 2.49. The maximum atomic E-state index is 5.42. The Labute approximate surface area is 129 Å². The molecule has 0 aromatic heterocycles. The van der Waals surface area contributed by atoms with Gasteiger partial charge in [-0.2, -0.15) is 0 Å². The Kier molecular flexibility index (Phi) is 5.86. The Morgan fingerprint density at radius 3 is 3.05 bits per heavy atom. The lowest BCUT2D eigenvalue weighted by atomic mass is 10.1. The van der Waals surface area contributed by atoms with Crippen LogP contribution in [-0.4, -0.2) is 44.7 Å². The van der Waals surface area contributed by atoms with Gasteiger partial charge in [-0.1, -0.05) is 28.1 Å². The third-order valence-corrected chi connectivity index (χ3v) is 3.96. The molecular formula is C15H22BrN3O. The molecule has 4 nitrogen and oxygen atoms in total. The first-order chi connectivity index (χ1) is 9.69. The summed E-state index contributed by atoms with van der Waals surface area (Å²) in [4.78, 5) is 6.52. The van der Waals surface area contributed by atoms with E-state index < -0.39 is 0 Å². The molecule has 1 atom stereocenters. The summed E-state index contributed by atoms with van der Waals surface area (Å²) in [6.07, 6.45) is 1.15. The molecule has 1 saturated heterocycles. The molecule has 0 radical (unpaired) electrons. The van der Waals surface area contributed by atoms with Crippen molar-refractivity contribution in [3.8, 4) is 0 Å². The lowest BCUT2D eigenvalue weighted by Gasteiger charge is -2.24. The third kappa shape index (κ3) is 4.49. The summed E-state index contributed by atoms with van der Waals surface area (Å²) in [6.45, 7) is 3.52. The molecule has 1 aromatic rings. The van der Waals surface area contributed by atoms with Crippen LogP contribution in [0.5, 0.6) is 0 Å². The zero-order chi connectivity index (χ0) is 14.4. The average Bonchev–Trinajstić information content (AvgIpc) is 2.92. The van der Waals surface area contributed by atoms with Gasteiger partial charge >= 0.3 is 0 Å². The van der Waals surface area contributed by atoms with E-state index in [2.05, 4.69) is 50.3 Å². The number of nitrogens with zero attached hydrogens (tertiary/aromatic N) is 2. The molecule has 1 fully saturated rings. The quantitative estimate of drug-likeness (QED) is 0.676. The van der Waals surface area contributed by atoms with Crippen LogP contribution in [0.2, 0.25) is 0 Å². The van der Waals surface area contributed by atoms with Crippen LogP contribution in [0.15, 0.2) is 33.7 Å². The SMILES string of the molecule is CN=C(NCc1cccc(Br)c1)N(C)CC1CCOC1. The van der Waals surface area contributed by atoms with Crippen LogP contribution in [0.1, 0.15) is 12.0 Å². The van der Waals surface area contributed by atoms with Crippen molar-refractivity contribution in [2.45, 2.75) is 13.0 Å². The Hall–Kier alpha value is -1.07. The van der Waals surface area contributed by atoms with Crippen LogP contribution >= 0.6 is 15.9 Å². The van der Waals surface area contributed by atoms with E-state index in [1.165, 1.54) is 5.56 Å². The second kappa shape index (κ2) is 7.64. The van der Waals surface area contributed by atoms with Crippen molar-refractivity contribution >= 4 is 21.9 Å². The number of ether oxygens (including phenoxy) is 1. The summed E-state index contributed by atoms with van der Waals surface area (Å²) in [7, 11) is 3.90. The molecule has 110 valence electrons. The van der Waals surface area contributed by atoms with Crippen LogP contribution in [0.4, 0.5) is 0 Å². The molecule has 1 aromatic carbocycles. The van der Waals surface area contributed by atoms with E-state index in [9.17, 15) is 0 Å². The fourth-order valence-electron chi connectivity index (χ4n) is 2.41. The minimum atomic E-state index is 0.615. The standard InChI is InChI=1S/C15H22BrN3O/c1-17-15(19(2)10-13-6-7-20-11-13)18-9-12-4-3-5-14(16)8-12/h3-5,8,13H,6-7,9-11H2,1-2H3,(H,17,18). The highest BCUT2D eigenvalue weighted by Gasteiger charge is 2.18. The van der Waals surface area contributed by atoms with Gasteiger partial charge in [-0.25, -0.2) is 0 Å². The van der Waals surface area contributed by atoms with Crippen molar-refractivity contribution in [3.05, 3.63) is 34.3 Å². The van der Waals surface area contributed by atoms with Gasteiger partial charge in [-0.3, -0.25) is 4.99 Å². The van der Waals surface area contributed by atoms with Gasteiger partial charge in [-0.15, -0.1) is 0 Å². The summed E-state index contributed by atoms with van der Waals surface area (Å²) in [5, 5.41) is 3.40. The lowest BCUT2D eigenvalue weighted by Crippen LogP contribution is -2.41. The number of aliphatic imine (C=N–C) groups is 1.